The molecule has 4 heteroatoms. The highest BCUT2D eigenvalue weighted by atomic mass is 32.2. The number of fused-ring (bicyclic) bond motifs is 1. The van der Waals surface area contributed by atoms with Gasteiger partial charge in [0.25, 0.3) is 0 Å². The second-order valence-electron chi connectivity index (χ2n) is 6.27. The summed E-state index contributed by atoms with van der Waals surface area (Å²) in [4.78, 5) is 9.26. The first-order valence-electron chi connectivity index (χ1n) is 8.65. The molecule has 4 rings (SSSR count). The van der Waals surface area contributed by atoms with Gasteiger partial charge in [-0.1, -0.05) is 36.4 Å². The normalized spacial score (nSPS) is 12.2. The number of aromatic amines is 1. The predicted molar refractivity (Wildman–Crippen MR) is 111 cm³/mol. The summed E-state index contributed by atoms with van der Waals surface area (Å²) in [7, 11) is 0. The average molecular weight is 359 g/mol. The van der Waals surface area contributed by atoms with Gasteiger partial charge in [0.1, 0.15) is 5.82 Å². The molecular formula is C22H21N3S. The van der Waals surface area contributed by atoms with Crippen LogP contribution in [0.3, 0.4) is 0 Å². The molecule has 26 heavy (non-hydrogen) atoms. The summed E-state index contributed by atoms with van der Waals surface area (Å²) in [5, 5.41) is 4.87. The number of para-hydroxylation sites is 1. The van der Waals surface area contributed by atoms with Crippen molar-refractivity contribution in [1.82, 2.24) is 9.97 Å². The lowest BCUT2D eigenvalue weighted by Gasteiger charge is -2.21. The van der Waals surface area contributed by atoms with Crippen molar-refractivity contribution in [1.29, 1.82) is 0 Å². The van der Waals surface area contributed by atoms with Crippen LogP contribution in [0.4, 0.5) is 5.82 Å². The van der Waals surface area contributed by atoms with E-state index in [-0.39, 0.29) is 6.04 Å². The third-order valence-corrected chi connectivity index (χ3v) is 5.38. The Bertz CT molecular complexity index is 1010. The Balaban J connectivity index is 1.85. The number of benzene rings is 2. The number of H-pyrrole nitrogens is 1. The number of pyridine rings is 1. The molecule has 0 aliphatic rings. The number of thioether (sulfide) groups is 1. The van der Waals surface area contributed by atoms with Gasteiger partial charge in [-0.05, 0) is 49.1 Å². The van der Waals surface area contributed by atoms with Gasteiger partial charge in [-0.15, -0.1) is 11.8 Å². The van der Waals surface area contributed by atoms with E-state index >= 15 is 0 Å². The third-order valence-electron chi connectivity index (χ3n) is 4.64. The van der Waals surface area contributed by atoms with Crippen LogP contribution in [-0.4, -0.2) is 16.2 Å². The van der Waals surface area contributed by atoms with Crippen molar-refractivity contribution in [2.45, 2.75) is 17.9 Å². The minimum Gasteiger partial charge on any atom is -0.359 e. The van der Waals surface area contributed by atoms with Gasteiger partial charge in [0.15, 0.2) is 0 Å². The highest BCUT2D eigenvalue weighted by molar-refractivity contribution is 7.98. The Morgan fingerprint density at radius 2 is 1.73 bits per heavy atom. The fourth-order valence-corrected chi connectivity index (χ4v) is 3.79. The molecule has 2 aromatic carbocycles. The number of nitrogens with zero attached hydrogens (tertiary/aromatic N) is 1. The van der Waals surface area contributed by atoms with Crippen LogP contribution in [0.2, 0.25) is 0 Å². The van der Waals surface area contributed by atoms with Gasteiger partial charge in [-0.2, -0.15) is 0 Å². The molecule has 3 nitrogen and oxygen atoms in total. The molecule has 0 bridgehead atoms. The van der Waals surface area contributed by atoms with Crippen LogP contribution < -0.4 is 5.32 Å². The molecule has 0 spiro atoms. The molecule has 130 valence electrons. The van der Waals surface area contributed by atoms with E-state index in [9.17, 15) is 0 Å². The fraction of sp³-hybridized carbons (Fsp3) is 0.136. The molecule has 2 N–H and O–H groups in total. The van der Waals surface area contributed by atoms with Crippen molar-refractivity contribution < 1.29 is 0 Å². The number of hydrogen-bond acceptors (Lipinski definition) is 3. The number of aryl methyl sites for hydroxylation is 1. The van der Waals surface area contributed by atoms with Crippen molar-refractivity contribution in [3.8, 4) is 0 Å². The molecule has 0 aliphatic heterocycles. The molecular weight excluding hydrogens is 338 g/mol. The molecule has 2 aromatic heterocycles. The lowest BCUT2D eigenvalue weighted by atomic mass is 9.96. The largest absolute Gasteiger partial charge is 0.359 e. The molecule has 1 atom stereocenters. The van der Waals surface area contributed by atoms with Crippen molar-refractivity contribution in [3.63, 3.8) is 0 Å². The van der Waals surface area contributed by atoms with Crippen molar-refractivity contribution >= 4 is 28.5 Å². The van der Waals surface area contributed by atoms with Gasteiger partial charge in [0.2, 0.25) is 0 Å². The summed E-state index contributed by atoms with van der Waals surface area (Å²) >= 11 is 1.76. The number of aromatic nitrogens is 2. The Hall–Kier alpha value is -2.72. The van der Waals surface area contributed by atoms with Gasteiger partial charge in [-0.25, -0.2) is 4.98 Å². The van der Waals surface area contributed by atoms with Gasteiger partial charge in [-0.3, -0.25) is 0 Å². The minimum absolute atomic E-state index is 0.0250. The topological polar surface area (TPSA) is 40.7 Å². The Kier molecular flexibility index (Phi) is 4.67. The molecule has 0 amide bonds. The fourth-order valence-electron chi connectivity index (χ4n) is 3.38. The molecule has 0 aliphatic carbocycles. The molecule has 2 heterocycles. The Morgan fingerprint density at radius 1 is 0.962 bits per heavy atom. The van der Waals surface area contributed by atoms with Crippen molar-refractivity contribution in [2.24, 2.45) is 0 Å². The van der Waals surface area contributed by atoms with E-state index in [1.165, 1.54) is 27.1 Å². The molecule has 0 fully saturated rings. The van der Waals surface area contributed by atoms with Crippen molar-refractivity contribution in [2.75, 3.05) is 11.6 Å². The van der Waals surface area contributed by atoms with E-state index in [1.54, 1.807) is 11.8 Å². The molecule has 0 saturated heterocycles. The number of rotatable bonds is 5. The Morgan fingerprint density at radius 3 is 2.46 bits per heavy atom. The summed E-state index contributed by atoms with van der Waals surface area (Å²) in [6.45, 7) is 2.14. The average Bonchev–Trinajstić information content (AvgIpc) is 3.03. The first-order chi connectivity index (χ1) is 12.8. The van der Waals surface area contributed by atoms with Crippen LogP contribution >= 0.6 is 11.8 Å². The van der Waals surface area contributed by atoms with Crippen LogP contribution in [-0.2, 0) is 0 Å². The zero-order valence-electron chi connectivity index (χ0n) is 14.9. The van der Waals surface area contributed by atoms with Crippen LogP contribution in [0, 0.1) is 6.92 Å². The quantitative estimate of drug-likeness (QED) is 0.443. The third kappa shape index (κ3) is 3.20. The van der Waals surface area contributed by atoms with Gasteiger partial charge in [0.05, 0.1) is 6.04 Å². The van der Waals surface area contributed by atoms with Crippen LogP contribution in [0.15, 0.2) is 77.8 Å². The highest BCUT2D eigenvalue weighted by Gasteiger charge is 2.21. The van der Waals surface area contributed by atoms with E-state index in [2.05, 4.69) is 77.0 Å². The SMILES string of the molecule is CSc1ccc(C(Nc2ccccn2)c2c(C)[nH]c3ccccc23)cc1. The summed E-state index contributed by atoms with van der Waals surface area (Å²) in [5.74, 6) is 0.871. The summed E-state index contributed by atoms with van der Waals surface area (Å²) in [6, 6.07) is 23.2. The molecule has 0 radical (unpaired) electrons. The summed E-state index contributed by atoms with van der Waals surface area (Å²) in [5.41, 5.74) is 4.83. The first kappa shape index (κ1) is 16.7. The van der Waals surface area contributed by atoms with E-state index in [4.69, 9.17) is 0 Å². The van der Waals surface area contributed by atoms with Crippen molar-refractivity contribution in [3.05, 3.63) is 89.7 Å². The zero-order chi connectivity index (χ0) is 17.9. The van der Waals surface area contributed by atoms with Gasteiger partial charge >= 0.3 is 0 Å². The van der Waals surface area contributed by atoms with Crippen LogP contribution in [0.1, 0.15) is 22.9 Å². The van der Waals surface area contributed by atoms with Crippen LogP contribution in [0.5, 0.6) is 0 Å². The smallest absolute Gasteiger partial charge is 0.126 e. The highest BCUT2D eigenvalue weighted by Crippen LogP contribution is 2.34. The predicted octanol–water partition coefficient (Wildman–Crippen LogP) is 5.79. The lowest BCUT2D eigenvalue weighted by Crippen LogP contribution is -2.14. The van der Waals surface area contributed by atoms with E-state index in [0.717, 1.165) is 11.3 Å². The maximum atomic E-state index is 4.47. The number of anilines is 1. The number of nitrogens with one attached hydrogen (secondary N) is 2. The van der Waals surface area contributed by atoms with E-state index in [0.29, 0.717) is 0 Å². The summed E-state index contributed by atoms with van der Waals surface area (Å²) < 4.78 is 0. The maximum absolute atomic E-state index is 4.47. The molecule has 4 aromatic rings. The van der Waals surface area contributed by atoms with Gasteiger partial charge in [0, 0.05) is 33.3 Å². The van der Waals surface area contributed by atoms with E-state index < -0.39 is 0 Å². The molecule has 0 saturated carbocycles. The second kappa shape index (κ2) is 7.26. The van der Waals surface area contributed by atoms with Gasteiger partial charge < -0.3 is 10.3 Å². The Labute approximate surface area is 157 Å². The number of hydrogen-bond donors (Lipinski definition) is 2. The first-order valence-corrected chi connectivity index (χ1v) is 9.87. The monoisotopic (exact) mass is 359 g/mol. The molecule has 1 unspecified atom stereocenters. The van der Waals surface area contributed by atoms with E-state index in [1.807, 2.05) is 24.4 Å². The van der Waals surface area contributed by atoms with Crippen LogP contribution in [0.25, 0.3) is 10.9 Å². The second-order valence-corrected chi connectivity index (χ2v) is 7.15. The zero-order valence-corrected chi connectivity index (χ0v) is 15.7. The standard InChI is InChI=1S/C22H21N3S/c1-15-21(18-7-3-4-8-19(18)24-15)22(25-20-9-5-6-14-23-20)16-10-12-17(26-2)13-11-16/h3-14,22,24H,1-2H3,(H,23,25). The minimum atomic E-state index is 0.0250. The maximum Gasteiger partial charge on any atom is 0.126 e. The lowest BCUT2D eigenvalue weighted by molar-refractivity contribution is 0.919. The summed E-state index contributed by atoms with van der Waals surface area (Å²) in [6.07, 6.45) is 3.92.